The topological polar surface area (TPSA) is 40.5 Å². The van der Waals surface area contributed by atoms with Gasteiger partial charge in [0.05, 0.1) is 6.61 Å². The molecule has 1 aromatic rings. The Bertz CT molecular complexity index is 446. The monoisotopic (exact) mass is 261 g/mol. The molecule has 0 saturated heterocycles. The van der Waals surface area contributed by atoms with E-state index in [0.29, 0.717) is 6.54 Å². The Morgan fingerprint density at radius 2 is 2.05 bits per heavy atom. The molecular formula is C16H23NO2. The highest BCUT2D eigenvalue weighted by Gasteiger charge is 2.38. The van der Waals surface area contributed by atoms with Gasteiger partial charge in [0.1, 0.15) is 0 Å². The van der Waals surface area contributed by atoms with E-state index in [1.54, 1.807) is 4.90 Å². The smallest absolute Gasteiger partial charge is 0.253 e. The first-order valence-corrected chi connectivity index (χ1v) is 7.06. The summed E-state index contributed by atoms with van der Waals surface area (Å²) in [6.07, 6.45) is 4.07. The van der Waals surface area contributed by atoms with Crippen molar-refractivity contribution in [3.05, 3.63) is 35.4 Å². The molecule has 1 amide bonds. The number of amides is 1. The molecule has 3 nitrogen and oxygen atoms in total. The van der Waals surface area contributed by atoms with Crippen molar-refractivity contribution in [1.29, 1.82) is 0 Å². The number of aryl methyl sites for hydroxylation is 1. The van der Waals surface area contributed by atoms with E-state index in [-0.39, 0.29) is 17.9 Å². The van der Waals surface area contributed by atoms with Crippen molar-refractivity contribution in [2.75, 3.05) is 20.2 Å². The van der Waals surface area contributed by atoms with Gasteiger partial charge in [0, 0.05) is 24.6 Å². The minimum atomic E-state index is -0.0500. The quantitative estimate of drug-likeness (QED) is 0.884. The maximum absolute atomic E-state index is 12.5. The van der Waals surface area contributed by atoms with Crippen LogP contribution in [-0.4, -0.2) is 36.1 Å². The molecule has 1 aliphatic carbocycles. The highest BCUT2D eigenvalue weighted by atomic mass is 16.3. The molecule has 1 aromatic carbocycles. The Balaban J connectivity index is 2.10. The Hall–Kier alpha value is -1.35. The van der Waals surface area contributed by atoms with Gasteiger partial charge in [-0.25, -0.2) is 0 Å². The van der Waals surface area contributed by atoms with Crippen molar-refractivity contribution in [3.8, 4) is 0 Å². The van der Waals surface area contributed by atoms with Gasteiger partial charge in [-0.2, -0.15) is 0 Å². The molecule has 19 heavy (non-hydrogen) atoms. The van der Waals surface area contributed by atoms with E-state index in [1.807, 2.05) is 31.3 Å². The van der Waals surface area contributed by atoms with Crippen molar-refractivity contribution in [2.45, 2.75) is 32.6 Å². The van der Waals surface area contributed by atoms with Crippen LogP contribution < -0.4 is 0 Å². The molecule has 3 heteroatoms. The van der Waals surface area contributed by atoms with Crippen LogP contribution in [0.3, 0.4) is 0 Å². The molecule has 2 rings (SSSR count). The predicted octanol–water partition coefficient (Wildman–Crippen LogP) is 2.48. The maximum atomic E-state index is 12.5. The molecule has 0 unspecified atom stereocenters. The SMILES string of the molecule is CCc1ccccc1C(=O)N(C)CC1(CO)CCC1. The zero-order chi connectivity index (χ0) is 13.9. The van der Waals surface area contributed by atoms with Gasteiger partial charge in [0.25, 0.3) is 5.91 Å². The van der Waals surface area contributed by atoms with Crippen LogP contribution in [0.4, 0.5) is 0 Å². The Morgan fingerprint density at radius 1 is 1.37 bits per heavy atom. The molecule has 0 radical (unpaired) electrons. The van der Waals surface area contributed by atoms with Crippen molar-refractivity contribution in [1.82, 2.24) is 4.90 Å². The molecule has 0 aliphatic heterocycles. The van der Waals surface area contributed by atoms with Gasteiger partial charge in [0.15, 0.2) is 0 Å². The van der Waals surface area contributed by atoms with Crippen LogP contribution in [0.25, 0.3) is 0 Å². The normalized spacial score (nSPS) is 16.8. The molecule has 104 valence electrons. The highest BCUT2D eigenvalue weighted by molar-refractivity contribution is 5.95. The van der Waals surface area contributed by atoms with E-state index in [0.717, 1.165) is 36.8 Å². The summed E-state index contributed by atoms with van der Waals surface area (Å²) >= 11 is 0. The van der Waals surface area contributed by atoms with Crippen molar-refractivity contribution < 1.29 is 9.90 Å². The lowest BCUT2D eigenvalue weighted by Crippen LogP contribution is -2.45. The average molecular weight is 261 g/mol. The summed E-state index contributed by atoms with van der Waals surface area (Å²) in [4.78, 5) is 14.3. The number of aliphatic hydroxyl groups is 1. The van der Waals surface area contributed by atoms with Crippen LogP contribution in [-0.2, 0) is 6.42 Å². The first kappa shape index (κ1) is 14.1. The summed E-state index contributed by atoms with van der Waals surface area (Å²) in [5.41, 5.74) is 1.83. The second-order valence-electron chi connectivity index (χ2n) is 5.68. The number of benzene rings is 1. The van der Waals surface area contributed by atoms with Gasteiger partial charge in [-0.05, 0) is 30.9 Å². The number of carbonyl (C=O) groups excluding carboxylic acids is 1. The van der Waals surface area contributed by atoms with E-state index in [4.69, 9.17) is 0 Å². The summed E-state index contributed by atoms with van der Waals surface area (Å²) < 4.78 is 0. The van der Waals surface area contributed by atoms with E-state index in [2.05, 4.69) is 6.92 Å². The fraction of sp³-hybridized carbons (Fsp3) is 0.562. The van der Waals surface area contributed by atoms with E-state index < -0.39 is 0 Å². The number of carbonyl (C=O) groups is 1. The van der Waals surface area contributed by atoms with Crippen LogP contribution in [0, 0.1) is 5.41 Å². The minimum Gasteiger partial charge on any atom is -0.396 e. The lowest BCUT2D eigenvalue weighted by atomic mass is 9.69. The molecule has 1 fully saturated rings. The van der Waals surface area contributed by atoms with Crippen LogP contribution in [0.1, 0.15) is 42.1 Å². The van der Waals surface area contributed by atoms with Crippen LogP contribution in [0.15, 0.2) is 24.3 Å². The summed E-state index contributed by atoms with van der Waals surface area (Å²) in [6.45, 7) is 2.90. The Labute approximate surface area is 115 Å². The van der Waals surface area contributed by atoms with Gasteiger partial charge < -0.3 is 10.0 Å². The second-order valence-corrected chi connectivity index (χ2v) is 5.68. The molecular weight excluding hydrogens is 238 g/mol. The fourth-order valence-corrected chi connectivity index (χ4v) is 2.86. The van der Waals surface area contributed by atoms with Crippen molar-refractivity contribution in [3.63, 3.8) is 0 Å². The first-order valence-electron chi connectivity index (χ1n) is 7.06. The van der Waals surface area contributed by atoms with Crippen LogP contribution in [0.5, 0.6) is 0 Å². The third-order valence-corrected chi connectivity index (χ3v) is 4.30. The molecule has 0 aromatic heterocycles. The van der Waals surface area contributed by atoms with Gasteiger partial charge in [-0.3, -0.25) is 4.79 Å². The molecule has 0 heterocycles. The fourth-order valence-electron chi connectivity index (χ4n) is 2.86. The highest BCUT2D eigenvalue weighted by Crippen LogP contribution is 2.41. The van der Waals surface area contributed by atoms with Crippen molar-refractivity contribution >= 4 is 5.91 Å². The lowest BCUT2D eigenvalue weighted by Gasteiger charge is -2.42. The minimum absolute atomic E-state index is 0.0500. The zero-order valence-corrected chi connectivity index (χ0v) is 11.9. The second kappa shape index (κ2) is 5.74. The molecule has 0 spiro atoms. The van der Waals surface area contributed by atoms with Crippen LogP contribution in [0.2, 0.25) is 0 Å². The lowest BCUT2D eigenvalue weighted by molar-refractivity contribution is 0.0146. The summed E-state index contributed by atoms with van der Waals surface area (Å²) in [7, 11) is 1.84. The van der Waals surface area contributed by atoms with E-state index in [1.165, 1.54) is 0 Å². The summed E-state index contributed by atoms with van der Waals surface area (Å²) in [5.74, 6) is 0.0668. The van der Waals surface area contributed by atoms with Crippen molar-refractivity contribution in [2.24, 2.45) is 5.41 Å². The standard InChI is InChI=1S/C16H23NO2/c1-3-13-7-4-5-8-14(13)15(19)17(2)11-16(12-18)9-6-10-16/h4-5,7-8,18H,3,6,9-12H2,1-2H3. The largest absolute Gasteiger partial charge is 0.396 e. The van der Waals surface area contributed by atoms with Gasteiger partial charge in [0.2, 0.25) is 0 Å². The zero-order valence-electron chi connectivity index (χ0n) is 11.9. The molecule has 1 N–H and O–H groups in total. The van der Waals surface area contributed by atoms with Gasteiger partial charge in [-0.1, -0.05) is 31.5 Å². The molecule has 0 atom stereocenters. The summed E-state index contributed by atoms with van der Waals surface area (Å²) in [6, 6.07) is 7.78. The first-order chi connectivity index (χ1) is 9.12. The third-order valence-electron chi connectivity index (χ3n) is 4.30. The number of nitrogens with zero attached hydrogens (tertiary/aromatic N) is 1. The number of hydrogen-bond donors (Lipinski definition) is 1. The number of aliphatic hydroxyl groups excluding tert-OH is 1. The Kier molecular flexibility index (Phi) is 4.25. The summed E-state index contributed by atoms with van der Waals surface area (Å²) in [5, 5.41) is 9.50. The molecule has 0 bridgehead atoms. The van der Waals surface area contributed by atoms with E-state index >= 15 is 0 Å². The molecule has 1 saturated carbocycles. The van der Waals surface area contributed by atoms with Crippen LogP contribution >= 0.6 is 0 Å². The number of hydrogen-bond acceptors (Lipinski definition) is 2. The van der Waals surface area contributed by atoms with E-state index in [9.17, 15) is 9.90 Å². The van der Waals surface area contributed by atoms with Gasteiger partial charge in [-0.15, -0.1) is 0 Å². The molecule has 1 aliphatic rings. The maximum Gasteiger partial charge on any atom is 0.253 e. The number of rotatable bonds is 5. The average Bonchev–Trinajstić information content (AvgIpc) is 2.41. The van der Waals surface area contributed by atoms with Gasteiger partial charge >= 0.3 is 0 Å². The Morgan fingerprint density at radius 3 is 2.58 bits per heavy atom. The third kappa shape index (κ3) is 2.81. The predicted molar refractivity (Wildman–Crippen MR) is 76.2 cm³/mol.